The van der Waals surface area contributed by atoms with E-state index in [9.17, 15) is 18.8 Å². The van der Waals surface area contributed by atoms with Crippen LogP contribution < -0.4 is 14.8 Å². The normalized spacial score (nSPS) is 14.2. The fraction of sp³-hybridized carbons (Fsp3) is 0.207. The Morgan fingerprint density at radius 3 is 2.37 bits per heavy atom. The van der Waals surface area contributed by atoms with Crippen molar-refractivity contribution in [1.82, 2.24) is 4.90 Å². The number of carbonyl (C=O) groups excluding carboxylic acids is 3. The predicted octanol–water partition coefficient (Wildman–Crippen LogP) is 6.10. The quantitative estimate of drug-likeness (QED) is 0.334. The molecule has 1 aliphatic heterocycles. The lowest BCUT2D eigenvalue weighted by molar-refractivity contribution is -0.127. The molecule has 3 aromatic rings. The maximum Gasteiger partial charge on any atom is 0.294 e. The van der Waals surface area contributed by atoms with Crippen LogP contribution in [-0.2, 0) is 16.2 Å². The summed E-state index contributed by atoms with van der Waals surface area (Å²) in [5.41, 5.74) is 4.03. The van der Waals surface area contributed by atoms with Crippen LogP contribution in [0.15, 0.2) is 65.6 Å². The smallest absolute Gasteiger partial charge is 0.294 e. The average molecular weight is 535 g/mol. The number of amides is 3. The summed E-state index contributed by atoms with van der Waals surface area (Å²) in [5.74, 6) is -0.357. The number of nitrogens with zero attached hydrogens (tertiary/aromatic N) is 1. The van der Waals surface area contributed by atoms with Crippen LogP contribution >= 0.6 is 11.8 Å². The molecule has 0 bridgehead atoms. The van der Waals surface area contributed by atoms with Crippen LogP contribution in [0.3, 0.4) is 0 Å². The Kier molecular flexibility index (Phi) is 8.48. The van der Waals surface area contributed by atoms with Crippen molar-refractivity contribution < 1.29 is 28.2 Å². The third kappa shape index (κ3) is 6.80. The first-order chi connectivity index (χ1) is 18.2. The van der Waals surface area contributed by atoms with Gasteiger partial charge < -0.3 is 14.8 Å². The first kappa shape index (κ1) is 26.9. The summed E-state index contributed by atoms with van der Waals surface area (Å²) in [6, 6.07) is 16.8. The molecule has 1 aliphatic rings. The topological polar surface area (TPSA) is 84.9 Å². The summed E-state index contributed by atoms with van der Waals surface area (Å²) in [6.45, 7) is 5.92. The molecule has 3 aromatic carbocycles. The molecule has 0 aliphatic carbocycles. The third-order valence-electron chi connectivity index (χ3n) is 5.55. The van der Waals surface area contributed by atoms with Gasteiger partial charge in [-0.3, -0.25) is 19.3 Å². The molecule has 0 radical (unpaired) electrons. The number of hydrogen-bond acceptors (Lipinski definition) is 6. The lowest BCUT2D eigenvalue weighted by atomic mass is 10.1. The monoisotopic (exact) mass is 534 g/mol. The number of aryl methyl sites for hydroxylation is 2. The second-order valence-corrected chi connectivity index (χ2v) is 9.74. The van der Waals surface area contributed by atoms with Gasteiger partial charge in [-0.05, 0) is 97.3 Å². The van der Waals surface area contributed by atoms with Gasteiger partial charge in [0, 0.05) is 5.69 Å². The van der Waals surface area contributed by atoms with Crippen LogP contribution in [0.25, 0.3) is 6.08 Å². The van der Waals surface area contributed by atoms with Gasteiger partial charge >= 0.3 is 0 Å². The summed E-state index contributed by atoms with van der Waals surface area (Å²) in [7, 11) is 0. The molecule has 9 heteroatoms. The van der Waals surface area contributed by atoms with Crippen LogP contribution in [0.5, 0.6) is 11.5 Å². The minimum atomic E-state index is -0.537. The zero-order valence-corrected chi connectivity index (χ0v) is 22.1. The lowest BCUT2D eigenvalue weighted by Gasteiger charge is -2.13. The number of carbonyl (C=O) groups is 3. The zero-order chi connectivity index (χ0) is 27.2. The molecule has 7 nitrogen and oxygen atoms in total. The molecule has 0 aromatic heterocycles. The van der Waals surface area contributed by atoms with E-state index in [4.69, 9.17) is 9.47 Å². The number of halogens is 1. The summed E-state index contributed by atoms with van der Waals surface area (Å²) in [4.78, 5) is 39.1. The molecular formula is C29H27FN2O5S. The number of hydrogen-bond donors (Lipinski definition) is 1. The van der Waals surface area contributed by atoms with E-state index in [0.717, 1.165) is 33.4 Å². The molecule has 0 saturated carbocycles. The summed E-state index contributed by atoms with van der Waals surface area (Å²) < 4.78 is 24.7. The van der Waals surface area contributed by atoms with Gasteiger partial charge in [0.25, 0.3) is 11.1 Å². The number of benzene rings is 3. The minimum absolute atomic E-state index is 0.205. The maximum absolute atomic E-state index is 13.1. The summed E-state index contributed by atoms with van der Waals surface area (Å²) >= 11 is 0.778. The molecule has 1 heterocycles. The largest absolute Gasteiger partial charge is 0.490 e. The van der Waals surface area contributed by atoms with Gasteiger partial charge in [0.2, 0.25) is 5.91 Å². The first-order valence-corrected chi connectivity index (χ1v) is 12.8. The highest BCUT2D eigenvalue weighted by molar-refractivity contribution is 8.18. The van der Waals surface area contributed by atoms with E-state index in [1.54, 1.807) is 36.4 Å². The Hall–Kier alpha value is -4.11. The van der Waals surface area contributed by atoms with Crippen LogP contribution in [0, 0.1) is 19.7 Å². The van der Waals surface area contributed by atoms with E-state index < -0.39 is 17.1 Å². The molecule has 1 saturated heterocycles. The highest BCUT2D eigenvalue weighted by Gasteiger charge is 2.36. The second-order valence-electron chi connectivity index (χ2n) is 8.75. The fourth-order valence-corrected chi connectivity index (χ4v) is 4.76. The average Bonchev–Trinajstić information content (AvgIpc) is 3.11. The highest BCUT2D eigenvalue weighted by atomic mass is 32.2. The van der Waals surface area contributed by atoms with Gasteiger partial charge in [0.05, 0.1) is 11.5 Å². The van der Waals surface area contributed by atoms with E-state index in [1.807, 2.05) is 39.0 Å². The van der Waals surface area contributed by atoms with Crippen molar-refractivity contribution in [2.75, 3.05) is 18.5 Å². The van der Waals surface area contributed by atoms with Gasteiger partial charge in [-0.25, -0.2) is 4.39 Å². The predicted molar refractivity (Wildman–Crippen MR) is 146 cm³/mol. The van der Waals surface area contributed by atoms with E-state index in [0.29, 0.717) is 29.4 Å². The van der Waals surface area contributed by atoms with Crippen molar-refractivity contribution >= 4 is 40.6 Å². The number of rotatable bonds is 9. The Morgan fingerprint density at radius 1 is 0.974 bits per heavy atom. The van der Waals surface area contributed by atoms with Gasteiger partial charge in [0.15, 0.2) is 11.5 Å². The van der Waals surface area contributed by atoms with Gasteiger partial charge in [-0.2, -0.15) is 0 Å². The Labute approximate surface area is 224 Å². The third-order valence-corrected chi connectivity index (χ3v) is 6.46. The lowest BCUT2D eigenvalue weighted by Crippen LogP contribution is -2.36. The second kappa shape index (κ2) is 12.0. The number of nitrogens with one attached hydrogen (secondary N) is 1. The van der Waals surface area contributed by atoms with E-state index in [1.165, 1.54) is 12.1 Å². The molecule has 0 atom stereocenters. The van der Waals surface area contributed by atoms with E-state index in [2.05, 4.69) is 5.32 Å². The molecule has 0 unspecified atom stereocenters. The van der Waals surface area contributed by atoms with Crippen LogP contribution in [-0.4, -0.2) is 35.1 Å². The molecular weight excluding hydrogens is 507 g/mol. The van der Waals surface area contributed by atoms with Gasteiger partial charge in [0.1, 0.15) is 19.0 Å². The minimum Gasteiger partial charge on any atom is -0.490 e. The summed E-state index contributed by atoms with van der Waals surface area (Å²) in [5, 5.41) is 2.23. The molecule has 196 valence electrons. The fourth-order valence-electron chi connectivity index (χ4n) is 3.92. The standard InChI is InChI=1S/C29H27FN2O5S/c1-4-36-25-14-21(7-10-24(25)37-17-20-5-8-22(30)9-6-20)15-26-28(34)32(29(35)38-26)16-27(33)31-23-12-18(2)11-19(3)13-23/h5-15H,4,16-17H2,1-3H3,(H,31,33)/b26-15-. The molecule has 4 rings (SSSR count). The Morgan fingerprint density at radius 2 is 1.68 bits per heavy atom. The van der Waals surface area contributed by atoms with Crippen LogP contribution in [0.1, 0.15) is 29.2 Å². The zero-order valence-electron chi connectivity index (χ0n) is 21.2. The Bertz CT molecular complexity index is 1380. The van der Waals surface area contributed by atoms with Gasteiger partial charge in [-0.15, -0.1) is 0 Å². The number of thioether (sulfide) groups is 1. The van der Waals surface area contributed by atoms with Gasteiger partial charge in [-0.1, -0.05) is 24.3 Å². The number of imide groups is 1. The molecule has 38 heavy (non-hydrogen) atoms. The molecule has 1 fully saturated rings. The van der Waals surface area contributed by atoms with E-state index >= 15 is 0 Å². The SMILES string of the molecule is CCOc1cc(/C=C2\SC(=O)N(CC(=O)Nc3cc(C)cc(C)c3)C2=O)ccc1OCc1ccc(F)cc1. The first-order valence-electron chi connectivity index (χ1n) is 12.0. The van der Waals surface area contributed by atoms with Crippen LogP contribution in [0.4, 0.5) is 14.9 Å². The van der Waals surface area contributed by atoms with Crippen molar-refractivity contribution in [3.05, 3.63) is 93.6 Å². The molecule has 3 amide bonds. The van der Waals surface area contributed by atoms with Crippen molar-refractivity contribution in [1.29, 1.82) is 0 Å². The highest BCUT2D eigenvalue weighted by Crippen LogP contribution is 2.35. The number of anilines is 1. The number of ether oxygens (including phenoxy) is 2. The van der Waals surface area contributed by atoms with Crippen molar-refractivity contribution in [3.8, 4) is 11.5 Å². The van der Waals surface area contributed by atoms with Crippen molar-refractivity contribution in [3.63, 3.8) is 0 Å². The van der Waals surface area contributed by atoms with Crippen molar-refractivity contribution in [2.24, 2.45) is 0 Å². The van der Waals surface area contributed by atoms with Crippen LogP contribution in [0.2, 0.25) is 0 Å². The van der Waals surface area contributed by atoms with Crippen molar-refractivity contribution in [2.45, 2.75) is 27.4 Å². The Balaban J connectivity index is 1.44. The molecule has 0 spiro atoms. The summed E-state index contributed by atoms with van der Waals surface area (Å²) in [6.07, 6.45) is 1.58. The molecule has 1 N–H and O–H groups in total. The maximum atomic E-state index is 13.1. The van der Waals surface area contributed by atoms with E-state index in [-0.39, 0.29) is 23.9 Å².